The van der Waals surface area contributed by atoms with Crippen molar-refractivity contribution in [3.63, 3.8) is 0 Å². The van der Waals surface area contributed by atoms with Crippen molar-refractivity contribution in [2.24, 2.45) is 0 Å². The van der Waals surface area contributed by atoms with Gasteiger partial charge in [-0.15, -0.1) is 0 Å². The third-order valence-corrected chi connectivity index (χ3v) is 2.89. The minimum absolute atomic E-state index is 0.0369. The van der Waals surface area contributed by atoms with Crippen molar-refractivity contribution in [3.8, 4) is 5.75 Å². The summed E-state index contributed by atoms with van der Waals surface area (Å²) in [5.41, 5.74) is 0. The Morgan fingerprint density at radius 2 is 1.62 bits per heavy atom. The Hall–Kier alpha value is -0.980. The van der Waals surface area contributed by atoms with Crippen molar-refractivity contribution in [1.82, 2.24) is 0 Å². The molecule has 0 fully saturated rings. The van der Waals surface area contributed by atoms with Crippen LogP contribution >= 0.6 is 10.2 Å². The Morgan fingerprint density at radius 1 is 1.06 bits per heavy atom. The molecule has 0 saturated carbocycles. The summed E-state index contributed by atoms with van der Waals surface area (Å²) < 4.78 is 67.4. The van der Waals surface area contributed by atoms with Crippen LogP contribution in [0.25, 0.3) is 0 Å². The minimum Gasteiger partial charge on any atom is -0.492 e. The van der Waals surface area contributed by atoms with E-state index in [-0.39, 0.29) is 6.61 Å². The van der Waals surface area contributed by atoms with Gasteiger partial charge in [0, 0.05) is 0 Å². The molecule has 1 nitrogen and oxygen atoms in total. The smallest absolute Gasteiger partial charge is 0.313 e. The van der Waals surface area contributed by atoms with Crippen LogP contribution in [0.2, 0.25) is 0 Å². The van der Waals surface area contributed by atoms with Crippen LogP contribution in [0.4, 0.5) is 19.4 Å². The summed E-state index contributed by atoms with van der Waals surface area (Å²) >= 11 is 0. The first kappa shape index (κ1) is 13.1. The predicted molar refractivity (Wildman–Crippen MR) is 53.6 cm³/mol. The molecule has 0 aromatic heterocycles. The molecule has 1 aromatic rings. The van der Waals surface area contributed by atoms with Gasteiger partial charge < -0.3 is 4.74 Å². The van der Waals surface area contributed by atoms with E-state index >= 15 is 0 Å². The van der Waals surface area contributed by atoms with Gasteiger partial charge in [0.2, 0.25) is 0 Å². The van der Waals surface area contributed by atoms with E-state index in [1.165, 1.54) is 6.07 Å². The molecule has 0 heterocycles. The molecule has 7 heteroatoms. The molecule has 1 rings (SSSR count). The lowest BCUT2D eigenvalue weighted by Crippen LogP contribution is -2.09. The van der Waals surface area contributed by atoms with Gasteiger partial charge in [0.1, 0.15) is 10.6 Å². The fourth-order valence-corrected chi connectivity index (χ4v) is 1.94. The van der Waals surface area contributed by atoms with Crippen LogP contribution in [0.5, 0.6) is 5.75 Å². The zero-order chi connectivity index (χ0) is 12.5. The Labute approximate surface area is 89.9 Å². The predicted octanol–water partition coefficient (Wildman–Crippen LogP) is 5.13. The lowest BCUT2D eigenvalue weighted by molar-refractivity contribution is 0.296. The lowest BCUT2D eigenvalue weighted by atomic mass is 10.3. The second kappa shape index (κ2) is 3.26. The maximum Gasteiger partial charge on any atom is 0.313 e. The molecule has 0 amide bonds. The maximum absolute atomic E-state index is 12.6. The standard InChI is InChI=1S/C9H11F5OS/c1-2-7-15-8-5-3-4-6-9(8)16(10,11,12,13)14/h3-6H,2,7H2,1H3. The highest BCUT2D eigenvalue weighted by atomic mass is 32.5. The molecular formula is C9H11F5OS. The summed E-state index contributed by atoms with van der Waals surface area (Å²) in [5.74, 6) is -0.816. The molecule has 0 spiro atoms. The van der Waals surface area contributed by atoms with Crippen molar-refractivity contribution < 1.29 is 24.2 Å². The summed E-state index contributed by atoms with van der Waals surface area (Å²) in [6, 6.07) is 3.36. The number of hydrogen-bond acceptors (Lipinski definition) is 1. The van der Waals surface area contributed by atoms with Gasteiger partial charge in [-0.3, -0.25) is 0 Å². The molecule has 0 aliphatic heterocycles. The second-order valence-electron chi connectivity index (χ2n) is 3.26. The normalized spacial score (nSPS) is 16.4. The molecule has 0 radical (unpaired) electrons. The Morgan fingerprint density at radius 3 is 2.12 bits per heavy atom. The Bertz CT molecular complexity index is 385. The fourth-order valence-electron chi connectivity index (χ4n) is 1.10. The number of halogens is 5. The Balaban J connectivity index is 3.25. The largest absolute Gasteiger partial charge is 0.492 e. The molecule has 0 aliphatic rings. The number of rotatable bonds is 4. The van der Waals surface area contributed by atoms with Crippen molar-refractivity contribution in [1.29, 1.82) is 0 Å². The van der Waals surface area contributed by atoms with Gasteiger partial charge in [-0.25, -0.2) is 0 Å². The van der Waals surface area contributed by atoms with E-state index in [0.717, 1.165) is 12.1 Å². The average molecular weight is 262 g/mol. The SMILES string of the molecule is CCCOc1ccccc1S(F)(F)(F)(F)F. The van der Waals surface area contributed by atoms with Crippen LogP contribution in [0.1, 0.15) is 13.3 Å². The van der Waals surface area contributed by atoms with Gasteiger partial charge in [-0.05, 0) is 18.6 Å². The highest BCUT2D eigenvalue weighted by molar-refractivity contribution is 8.45. The summed E-state index contributed by atoms with van der Waals surface area (Å²) in [6.07, 6.45) is 0.439. The van der Waals surface area contributed by atoms with Crippen LogP contribution in [0.3, 0.4) is 0 Å². The first-order valence-corrected chi connectivity index (χ1v) is 6.45. The van der Waals surface area contributed by atoms with E-state index in [2.05, 4.69) is 4.74 Å². The summed E-state index contributed by atoms with van der Waals surface area (Å²) in [5, 5.41) is 0. The van der Waals surface area contributed by atoms with Gasteiger partial charge in [-0.1, -0.05) is 38.5 Å². The monoisotopic (exact) mass is 262 g/mol. The van der Waals surface area contributed by atoms with Crippen LogP contribution in [0.15, 0.2) is 29.2 Å². The van der Waals surface area contributed by atoms with E-state index < -0.39 is 20.9 Å². The first-order valence-electron chi connectivity index (χ1n) is 4.50. The van der Waals surface area contributed by atoms with Gasteiger partial charge in [0.25, 0.3) is 0 Å². The highest BCUT2D eigenvalue weighted by Crippen LogP contribution is 3.03. The van der Waals surface area contributed by atoms with Crippen LogP contribution in [0, 0.1) is 0 Å². The van der Waals surface area contributed by atoms with Crippen molar-refractivity contribution in [2.75, 3.05) is 6.61 Å². The van der Waals surface area contributed by atoms with Crippen LogP contribution in [-0.4, -0.2) is 6.61 Å². The molecule has 0 atom stereocenters. The molecule has 0 saturated heterocycles. The third-order valence-electron chi connectivity index (χ3n) is 1.73. The molecule has 94 valence electrons. The van der Waals surface area contributed by atoms with Crippen LogP contribution in [-0.2, 0) is 0 Å². The van der Waals surface area contributed by atoms with E-state index in [4.69, 9.17) is 0 Å². The fraction of sp³-hybridized carbons (Fsp3) is 0.333. The summed E-state index contributed by atoms with van der Waals surface area (Å²) in [6.45, 7) is 1.63. The van der Waals surface area contributed by atoms with Crippen LogP contribution < -0.4 is 4.74 Å². The van der Waals surface area contributed by atoms with Crippen molar-refractivity contribution in [2.45, 2.75) is 18.2 Å². The van der Waals surface area contributed by atoms with Crippen molar-refractivity contribution >= 4 is 10.2 Å². The molecule has 0 N–H and O–H groups in total. The number of para-hydroxylation sites is 1. The van der Waals surface area contributed by atoms with Gasteiger partial charge in [-0.2, -0.15) is 0 Å². The second-order valence-corrected chi connectivity index (χ2v) is 5.64. The highest BCUT2D eigenvalue weighted by Gasteiger charge is 2.67. The quantitative estimate of drug-likeness (QED) is 0.683. The van der Waals surface area contributed by atoms with Gasteiger partial charge in [0.15, 0.2) is 0 Å². The summed E-state index contributed by atoms with van der Waals surface area (Å²) in [7, 11) is -9.66. The molecule has 16 heavy (non-hydrogen) atoms. The number of benzene rings is 1. The van der Waals surface area contributed by atoms with E-state index in [1.54, 1.807) is 6.92 Å². The topological polar surface area (TPSA) is 9.23 Å². The summed E-state index contributed by atoms with van der Waals surface area (Å²) in [4.78, 5) is -1.96. The molecule has 0 aliphatic carbocycles. The lowest BCUT2D eigenvalue weighted by Gasteiger charge is -2.41. The zero-order valence-electron chi connectivity index (χ0n) is 8.43. The number of hydrogen-bond donors (Lipinski definition) is 0. The van der Waals surface area contributed by atoms with E-state index in [1.807, 2.05) is 0 Å². The van der Waals surface area contributed by atoms with Crippen molar-refractivity contribution in [3.05, 3.63) is 24.3 Å². The molecule has 0 unspecified atom stereocenters. The van der Waals surface area contributed by atoms with Gasteiger partial charge >= 0.3 is 10.2 Å². The maximum atomic E-state index is 12.6. The van der Waals surface area contributed by atoms with E-state index in [0.29, 0.717) is 12.5 Å². The average Bonchev–Trinajstić information content (AvgIpc) is 2.11. The van der Waals surface area contributed by atoms with Gasteiger partial charge in [0.05, 0.1) is 6.61 Å². The molecular weight excluding hydrogens is 251 g/mol. The van der Waals surface area contributed by atoms with E-state index in [9.17, 15) is 19.4 Å². The first-order chi connectivity index (χ1) is 7.04. The minimum atomic E-state index is -9.66. The third kappa shape index (κ3) is 3.26. The molecule has 0 bridgehead atoms. The molecule has 1 aromatic carbocycles. The number of ether oxygens (including phenoxy) is 1. The zero-order valence-corrected chi connectivity index (χ0v) is 9.25. The Kier molecular flexibility index (Phi) is 2.66.